The second kappa shape index (κ2) is 9.16. The highest BCUT2D eigenvalue weighted by Gasteiger charge is 2.17. The van der Waals surface area contributed by atoms with Crippen molar-refractivity contribution >= 4 is 31.7 Å². The Bertz CT molecular complexity index is 1050. The van der Waals surface area contributed by atoms with Gasteiger partial charge in [-0.25, -0.2) is 13.1 Å². The van der Waals surface area contributed by atoms with Crippen molar-refractivity contribution in [1.29, 1.82) is 0 Å². The van der Waals surface area contributed by atoms with Crippen molar-refractivity contribution in [2.75, 3.05) is 12.3 Å². The molecular weight excluding hydrogens is 442 g/mol. The first-order valence-electron chi connectivity index (χ1n) is 8.72. The van der Waals surface area contributed by atoms with Crippen molar-refractivity contribution in [2.45, 2.75) is 12.2 Å². The van der Waals surface area contributed by atoms with Crippen LogP contribution in [0.15, 0.2) is 71.5 Å². The normalized spacial score (nSPS) is 11.3. The van der Waals surface area contributed by atoms with Crippen molar-refractivity contribution in [3.05, 3.63) is 82.6 Å². The molecule has 6 nitrogen and oxygen atoms in total. The van der Waals surface area contributed by atoms with Crippen LogP contribution in [0.1, 0.15) is 11.1 Å². The fourth-order valence-electron chi connectivity index (χ4n) is 2.74. The summed E-state index contributed by atoms with van der Waals surface area (Å²) in [6.07, 6.45) is 4.21. The van der Waals surface area contributed by atoms with Gasteiger partial charge in [-0.15, -0.1) is 0 Å². The number of carbonyl (C=O) groups excluding carboxylic acids is 1. The second-order valence-electron chi connectivity index (χ2n) is 6.39. The summed E-state index contributed by atoms with van der Waals surface area (Å²) in [6.45, 7) is 0.353. The van der Waals surface area contributed by atoms with Crippen LogP contribution in [0.3, 0.4) is 0 Å². The van der Waals surface area contributed by atoms with Crippen molar-refractivity contribution in [3.63, 3.8) is 0 Å². The number of nitrogens with zero attached hydrogens (tertiary/aromatic N) is 2. The van der Waals surface area contributed by atoms with Crippen LogP contribution >= 0.6 is 15.9 Å². The van der Waals surface area contributed by atoms with Gasteiger partial charge in [-0.2, -0.15) is 5.10 Å². The van der Waals surface area contributed by atoms with E-state index in [1.807, 2.05) is 42.6 Å². The average Bonchev–Trinajstić information content (AvgIpc) is 3.10. The van der Waals surface area contributed by atoms with E-state index in [1.165, 1.54) is 0 Å². The molecule has 1 aromatic heterocycles. The lowest BCUT2D eigenvalue weighted by atomic mass is 10.2. The minimum Gasteiger partial charge on any atom is -0.355 e. The molecule has 0 aliphatic rings. The molecule has 0 saturated carbocycles. The SMILES string of the molecule is O=C(CS(=O)(=O)Cc1cccc(Br)c1)NCCc1cnn(-c2ccccc2)c1. The Labute approximate surface area is 172 Å². The van der Waals surface area contributed by atoms with Crippen LogP contribution < -0.4 is 5.32 Å². The Morgan fingerprint density at radius 1 is 1.07 bits per heavy atom. The van der Waals surface area contributed by atoms with E-state index in [0.717, 1.165) is 15.7 Å². The van der Waals surface area contributed by atoms with Crippen LogP contribution in [-0.4, -0.2) is 36.4 Å². The van der Waals surface area contributed by atoms with Crippen LogP contribution in [-0.2, 0) is 26.8 Å². The van der Waals surface area contributed by atoms with Crippen molar-refractivity contribution in [3.8, 4) is 5.69 Å². The standard InChI is InChI=1S/C20H20BrN3O3S/c21-18-6-4-5-16(11-18)14-28(26,27)15-20(25)22-10-9-17-12-23-24(13-17)19-7-2-1-3-8-19/h1-8,11-13H,9-10,14-15H2,(H,22,25). The van der Waals surface area contributed by atoms with Gasteiger partial charge in [0.1, 0.15) is 5.75 Å². The van der Waals surface area contributed by atoms with Gasteiger partial charge in [0.05, 0.1) is 17.6 Å². The van der Waals surface area contributed by atoms with Gasteiger partial charge >= 0.3 is 0 Å². The van der Waals surface area contributed by atoms with E-state index in [1.54, 1.807) is 29.1 Å². The fraction of sp³-hybridized carbons (Fsp3) is 0.200. The van der Waals surface area contributed by atoms with Gasteiger partial charge in [-0.3, -0.25) is 4.79 Å². The molecule has 0 bridgehead atoms. The fourth-order valence-corrected chi connectivity index (χ4v) is 4.48. The summed E-state index contributed by atoms with van der Waals surface area (Å²) in [5.74, 6) is -1.18. The molecule has 1 heterocycles. The Balaban J connectivity index is 1.47. The van der Waals surface area contributed by atoms with Crippen molar-refractivity contribution < 1.29 is 13.2 Å². The summed E-state index contributed by atoms with van der Waals surface area (Å²) in [4.78, 5) is 12.0. The minimum atomic E-state index is -3.53. The molecule has 0 fully saturated rings. The zero-order valence-corrected chi connectivity index (χ0v) is 17.5. The van der Waals surface area contributed by atoms with E-state index in [2.05, 4.69) is 26.3 Å². The van der Waals surface area contributed by atoms with Gasteiger partial charge in [-0.1, -0.05) is 46.3 Å². The summed E-state index contributed by atoms with van der Waals surface area (Å²) >= 11 is 3.31. The molecule has 8 heteroatoms. The number of amides is 1. The topological polar surface area (TPSA) is 81.1 Å². The number of aromatic nitrogens is 2. The van der Waals surface area contributed by atoms with E-state index in [-0.39, 0.29) is 5.75 Å². The highest BCUT2D eigenvalue weighted by atomic mass is 79.9. The van der Waals surface area contributed by atoms with Crippen LogP contribution in [0, 0.1) is 0 Å². The Morgan fingerprint density at radius 3 is 2.61 bits per heavy atom. The summed E-state index contributed by atoms with van der Waals surface area (Å²) in [5.41, 5.74) is 2.56. The third kappa shape index (κ3) is 6.03. The Morgan fingerprint density at radius 2 is 1.86 bits per heavy atom. The smallest absolute Gasteiger partial charge is 0.235 e. The van der Waals surface area contributed by atoms with Crippen LogP contribution in [0.4, 0.5) is 0 Å². The third-order valence-electron chi connectivity index (χ3n) is 4.02. The van der Waals surface area contributed by atoms with Crippen molar-refractivity contribution in [1.82, 2.24) is 15.1 Å². The molecule has 0 aliphatic heterocycles. The first-order chi connectivity index (χ1) is 13.4. The van der Waals surface area contributed by atoms with E-state index in [4.69, 9.17) is 0 Å². The number of rotatable bonds is 8. The maximum absolute atomic E-state index is 12.2. The van der Waals surface area contributed by atoms with E-state index < -0.39 is 21.5 Å². The molecular formula is C20H20BrN3O3S. The molecule has 3 rings (SSSR count). The van der Waals surface area contributed by atoms with Gasteiger partial charge in [0.15, 0.2) is 9.84 Å². The number of para-hydroxylation sites is 1. The Kier molecular flexibility index (Phi) is 6.64. The largest absolute Gasteiger partial charge is 0.355 e. The molecule has 0 unspecified atom stereocenters. The quantitative estimate of drug-likeness (QED) is 0.558. The highest BCUT2D eigenvalue weighted by Crippen LogP contribution is 2.14. The molecule has 1 N–H and O–H groups in total. The van der Waals surface area contributed by atoms with Crippen LogP contribution in [0.25, 0.3) is 5.69 Å². The predicted molar refractivity (Wildman–Crippen MR) is 112 cm³/mol. The number of halogens is 1. The molecule has 0 saturated heterocycles. The molecule has 0 aliphatic carbocycles. The number of benzene rings is 2. The minimum absolute atomic E-state index is 0.163. The zero-order valence-electron chi connectivity index (χ0n) is 15.1. The lowest BCUT2D eigenvalue weighted by Crippen LogP contribution is -2.32. The number of hydrogen-bond acceptors (Lipinski definition) is 4. The molecule has 1 amide bonds. The molecule has 0 radical (unpaired) electrons. The molecule has 2 aromatic carbocycles. The van der Waals surface area contributed by atoms with Gasteiger partial charge in [0.2, 0.25) is 5.91 Å². The second-order valence-corrected chi connectivity index (χ2v) is 9.37. The van der Waals surface area contributed by atoms with E-state index >= 15 is 0 Å². The van der Waals surface area contributed by atoms with E-state index in [9.17, 15) is 13.2 Å². The maximum Gasteiger partial charge on any atom is 0.235 e. The van der Waals surface area contributed by atoms with Crippen LogP contribution in [0.2, 0.25) is 0 Å². The van der Waals surface area contributed by atoms with E-state index in [0.29, 0.717) is 18.5 Å². The maximum atomic E-state index is 12.2. The Hall–Kier alpha value is -2.45. The summed E-state index contributed by atoms with van der Waals surface area (Å²) < 4.78 is 27.0. The average molecular weight is 462 g/mol. The summed E-state index contributed by atoms with van der Waals surface area (Å²) in [6, 6.07) is 16.8. The van der Waals surface area contributed by atoms with Gasteiger partial charge in [0.25, 0.3) is 0 Å². The van der Waals surface area contributed by atoms with Gasteiger partial charge in [0, 0.05) is 17.2 Å². The summed E-state index contributed by atoms with van der Waals surface area (Å²) in [7, 11) is -3.53. The molecule has 146 valence electrons. The molecule has 28 heavy (non-hydrogen) atoms. The monoisotopic (exact) mass is 461 g/mol. The lowest BCUT2D eigenvalue weighted by molar-refractivity contribution is -0.118. The van der Waals surface area contributed by atoms with Gasteiger partial charge < -0.3 is 5.32 Å². The third-order valence-corrected chi connectivity index (χ3v) is 5.99. The zero-order chi connectivity index (χ0) is 20.0. The van der Waals surface area contributed by atoms with Crippen molar-refractivity contribution in [2.24, 2.45) is 0 Å². The lowest BCUT2D eigenvalue weighted by Gasteiger charge is -2.06. The highest BCUT2D eigenvalue weighted by molar-refractivity contribution is 9.10. The molecule has 0 atom stereocenters. The first kappa shape index (κ1) is 20.3. The van der Waals surface area contributed by atoms with Gasteiger partial charge in [-0.05, 0) is 41.8 Å². The summed E-state index contributed by atoms with van der Waals surface area (Å²) in [5, 5.41) is 6.97. The number of nitrogens with one attached hydrogen (secondary N) is 1. The molecule has 3 aromatic rings. The number of hydrogen-bond donors (Lipinski definition) is 1. The number of carbonyl (C=O) groups is 1. The van der Waals surface area contributed by atoms with Crippen LogP contribution in [0.5, 0.6) is 0 Å². The molecule has 0 spiro atoms. The predicted octanol–water partition coefficient (Wildman–Crippen LogP) is 2.91. The number of sulfone groups is 1. The first-order valence-corrected chi connectivity index (χ1v) is 11.3.